The smallest absolute Gasteiger partial charge is 0.305 e. The summed E-state index contributed by atoms with van der Waals surface area (Å²) >= 11 is 0. The first-order chi connectivity index (χ1) is 14.5. The molecule has 7 heteroatoms. The standard InChI is InChI=1S/C23H20F4O3/c1-2-13-3-5-14(6-4-13)11-28-17-9-7-15-16-8-10-18(29-12-19(24)25)21(27)23(16)30-22(15)20(17)26/h5,7-10,12-13H,2-4,6,11H2,1H3. The predicted octanol–water partition coefficient (Wildman–Crippen LogP) is 7.50. The summed E-state index contributed by atoms with van der Waals surface area (Å²) in [5, 5.41) is 0.667. The minimum Gasteiger partial charge on any atom is -0.486 e. The lowest BCUT2D eigenvalue weighted by Crippen LogP contribution is -2.10. The molecule has 1 heterocycles. The first kappa shape index (κ1) is 20.3. The van der Waals surface area contributed by atoms with Crippen molar-refractivity contribution in [3.63, 3.8) is 0 Å². The molecular formula is C23H20F4O3. The van der Waals surface area contributed by atoms with Crippen LogP contribution < -0.4 is 9.47 Å². The Hall–Kier alpha value is -2.96. The molecule has 1 unspecified atom stereocenters. The van der Waals surface area contributed by atoms with E-state index in [1.165, 1.54) is 18.2 Å². The Balaban J connectivity index is 1.62. The molecule has 0 saturated heterocycles. The largest absolute Gasteiger partial charge is 0.486 e. The van der Waals surface area contributed by atoms with Gasteiger partial charge in [0.15, 0.2) is 28.9 Å². The van der Waals surface area contributed by atoms with Gasteiger partial charge in [-0.3, -0.25) is 0 Å². The molecule has 0 aliphatic heterocycles. The summed E-state index contributed by atoms with van der Waals surface area (Å²) in [5.41, 5.74) is 0.700. The van der Waals surface area contributed by atoms with Crippen LogP contribution in [0.15, 0.2) is 52.7 Å². The zero-order chi connectivity index (χ0) is 21.3. The Morgan fingerprint density at radius 1 is 1.07 bits per heavy atom. The average Bonchev–Trinajstić information content (AvgIpc) is 3.13. The Labute approximate surface area is 170 Å². The number of furan rings is 1. The molecule has 1 aliphatic rings. The molecular weight excluding hydrogens is 400 g/mol. The first-order valence-electron chi connectivity index (χ1n) is 9.79. The lowest BCUT2D eigenvalue weighted by molar-refractivity contribution is 0.318. The summed E-state index contributed by atoms with van der Waals surface area (Å²) in [4.78, 5) is 0. The van der Waals surface area contributed by atoms with Gasteiger partial charge in [-0.25, -0.2) is 0 Å². The molecule has 0 fully saturated rings. The Kier molecular flexibility index (Phi) is 5.70. The van der Waals surface area contributed by atoms with E-state index in [-0.39, 0.29) is 29.8 Å². The van der Waals surface area contributed by atoms with Gasteiger partial charge in [0.05, 0.1) is 0 Å². The second-order valence-corrected chi connectivity index (χ2v) is 7.34. The highest BCUT2D eigenvalue weighted by Gasteiger charge is 2.21. The molecule has 0 spiro atoms. The average molecular weight is 420 g/mol. The number of allylic oxidation sites excluding steroid dienone is 1. The molecule has 0 saturated carbocycles. The molecule has 0 bridgehead atoms. The molecule has 3 aromatic rings. The first-order valence-corrected chi connectivity index (χ1v) is 9.79. The fourth-order valence-electron chi connectivity index (χ4n) is 3.73. The van der Waals surface area contributed by atoms with Gasteiger partial charge in [-0.1, -0.05) is 19.4 Å². The van der Waals surface area contributed by atoms with Crippen LogP contribution in [0, 0.1) is 17.6 Å². The van der Waals surface area contributed by atoms with Crippen LogP contribution in [-0.4, -0.2) is 6.61 Å². The number of fused-ring (bicyclic) bond motifs is 3. The van der Waals surface area contributed by atoms with Gasteiger partial charge in [0, 0.05) is 10.8 Å². The molecule has 3 nitrogen and oxygen atoms in total. The summed E-state index contributed by atoms with van der Waals surface area (Å²) in [6.45, 7) is 2.46. The third kappa shape index (κ3) is 3.88. The molecule has 0 N–H and O–H groups in total. The van der Waals surface area contributed by atoms with E-state index in [0.29, 0.717) is 16.7 Å². The highest BCUT2D eigenvalue weighted by molar-refractivity contribution is 6.06. The van der Waals surface area contributed by atoms with Crippen LogP contribution in [0.1, 0.15) is 32.6 Å². The van der Waals surface area contributed by atoms with Crippen molar-refractivity contribution in [2.24, 2.45) is 5.92 Å². The van der Waals surface area contributed by atoms with Crippen LogP contribution in [-0.2, 0) is 0 Å². The summed E-state index contributed by atoms with van der Waals surface area (Å²) in [5.74, 6) is -1.46. The third-order valence-corrected chi connectivity index (χ3v) is 5.50. The zero-order valence-corrected chi connectivity index (χ0v) is 16.3. The maximum atomic E-state index is 15.0. The molecule has 0 radical (unpaired) electrons. The van der Waals surface area contributed by atoms with Crippen molar-refractivity contribution in [3.8, 4) is 11.5 Å². The molecule has 158 valence electrons. The number of hydrogen-bond acceptors (Lipinski definition) is 3. The van der Waals surface area contributed by atoms with E-state index >= 15 is 0 Å². The molecule has 4 rings (SSSR count). The van der Waals surface area contributed by atoms with Gasteiger partial charge in [0.1, 0.15) is 6.61 Å². The Morgan fingerprint density at radius 2 is 1.73 bits per heavy atom. The van der Waals surface area contributed by atoms with E-state index in [4.69, 9.17) is 9.15 Å². The molecule has 1 aliphatic carbocycles. The minimum absolute atomic E-state index is 0.0133. The summed E-state index contributed by atoms with van der Waals surface area (Å²) < 4.78 is 69.6. The van der Waals surface area contributed by atoms with Gasteiger partial charge < -0.3 is 13.9 Å². The van der Waals surface area contributed by atoms with Crippen LogP contribution in [0.4, 0.5) is 17.6 Å². The van der Waals surface area contributed by atoms with Crippen molar-refractivity contribution in [2.45, 2.75) is 32.6 Å². The monoisotopic (exact) mass is 420 g/mol. The van der Waals surface area contributed by atoms with Crippen LogP contribution in [0.25, 0.3) is 21.9 Å². The Morgan fingerprint density at radius 3 is 2.33 bits per heavy atom. The van der Waals surface area contributed by atoms with E-state index < -0.39 is 23.5 Å². The van der Waals surface area contributed by atoms with Gasteiger partial charge >= 0.3 is 6.08 Å². The maximum absolute atomic E-state index is 15.0. The number of rotatable bonds is 6. The van der Waals surface area contributed by atoms with Crippen molar-refractivity contribution in [2.75, 3.05) is 6.61 Å². The van der Waals surface area contributed by atoms with Crippen molar-refractivity contribution in [1.29, 1.82) is 0 Å². The molecule has 30 heavy (non-hydrogen) atoms. The van der Waals surface area contributed by atoms with Gasteiger partial charge in [0.2, 0.25) is 11.6 Å². The topological polar surface area (TPSA) is 31.6 Å². The van der Waals surface area contributed by atoms with Crippen molar-refractivity contribution in [3.05, 3.63) is 59.9 Å². The summed E-state index contributed by atoms with van der Waals surface area (Å²) in [7, 11) is 0. The highest BCUT2D eigenvalue weighted by atomic mass is 19.3. The van der Waals surface area contributed by atoms with E-state index in [1.54, 1.807) is 6.07 Å². The van der Waals surface area contributed by atoms with Gasteiger partial charge in [0.25, 0.3) is 0 Å². The second kappa shape index (κ2) is 8.42. The SMILES string of the molecule is CCC1CC=C(COc2ccc3c(oc4c(F)c(OC=C(F)F)ccc43)c2F)CC1. The number of ether oxygens (including phenoxy) is 2. The van der Waals surface area contributed by atoms with Crippen molar-refractivity contribution >= 4 is 21.9 Å². The molecule has 0 amide bonds. The van der Waals surface area contributed by atoms with E-state index in [1.807, 2.05) is 0 Å². The van der Waals surface area contributed by atoms with Crippen LogP contribution in [0.3, 0.4) is 0 Å². The van der Waals surface area contributed by atoms with Gasteiger partial charge in [-0.2, -0.15) is 17.6 Å². The Bertz CT molecular complexity index is 1140. The fraction of sp³-hybridized carbons (Fsp3) is 0.304. The third-order valence-electron chi connectivity index (χ3n) is 5.50. The second-order valence-electron chi connectivity index (χ2n) is 7.34. The van der Waals surface area contributed by atoms with Crippen LogP contribution in [0.5, 0.6) is 11.5 Å². The maximum Gasteiger partial charge on any atom is 0.305 e. The minimum atomic E-state index is -2.11. The molecule has 2 aromatic carbocycles. The highest BCUT2D eigenvalue weighted by Crippen LogP contribution is 2.38. The number of benzene rings is 2. The summed E-state index contributed by atoms with van der Waals surface area (Å²) in [6, 6.07) is 5.69. The van der Waals surface area contributed by atoms with E-state index in [0.717, 1.165) is 31.3 Å². The zero-order valence-electron chi connectivity index (χ0n) is 16.3. The van der Waals surface area contributed by atoms with E-state index in [9.17, 15) is 17.6 Å². The fourth-order valence-corrected chi connectivity index (χ4v) is 3.73. The van der Waals surface area contributed by atoms with Gasteiger partial charge in [-0.15, -0.1) is 0 Å². The lowest BCUT2D eigenvalue weighted by Gasteiger charge is -2.20. The molecule has 1 atom stereocenters. The van der Waals surface area contributed by atoms with Crippen molar-refractivity contribution < 1.29 is 31.5 Å². The van der Waals surface area contributed by atoms with Gasteiger partial charge in [-0.05, 0) is 55.0 Å². The lowest BCUT2D eigenvalue weighted by atomic mass is 9.88. The normalized spacial score (nSPS) is 16.6. The quantitative estimate of drug-likeness (QED) is 0.235. The number of halogens is 4. The number of hydrogen-bond donors (Lipinski definition) is 0. The van der Waals surface area contributed by atoms with Crippen molar-refractivity contribution in [1.82, 2.24) is 0 Å². The molecule has 1 aromatic heterocycles. The van der Waals surface area contributed by atoms with E-state index in [2.05, 4.69) is 17.7 Å². The van der Waals surface area contributed by atoms with Crippen LogP contribution in [0.2, 0.25) is 0 Å². The predicted molar refractivity (Wildman–Crippen MR) is 106 cm³/mol. The summed E-state index contributed by atoms with van der Waals surface area (Å²) in [6.07, 6.45) is 4.35. The van der Waals surface area contributed by atoms with Crippen LogP contribution >= 0.6 is 0 Å².